The highest BCUT2D eigenvalue weighted by molar-refractivity contribution is 7.22. The lowest BCUT2D eigenvalue weighted by molar-refractivity contribution is -0.117. The Bertz CT molecular complexity index is 1350. The zero-order valence-electron chi connectivity index (χ0n) is 16.9. The number of thiazole rings is 1. The standard InChI is InChI=1S/C21H19FN6O2S/c1-3-4-17(29)15-5-10(2)13(8-23-15)11-7-16-20(28-18(11)24-9-25-28)31-21(26-16)27-19(30)12-6-14(12)22/h5,7-9,12,14H,3-4,6H2,1-2H3,(H,26,27,30)/t12-,14+/m1/s1. The van der Waals surface area contributed by atoms with Crippen LogP contribution in [0.25, 0.3) is 27.1 Å². The van der Waals surface area contributed by atoms with Crippen molar-refractivity contribution < 1.29 is 14.0 Å². The lowest BCUT2D eigenvalue weighted by atomic mass is 10.0. The molecule has 1 N–H and O–H groups in total. The van der Waals surface area contributed by atoms with Crippen LogP contribution in [0.1, 0.15) is 42.2 Å². The van der Waals surface area contributed by atoms with Crippen LogP contribution in [-0.2, 0) is 4.79 Å². The van der Waals surface area contributed by atoms with Gasteiger partial charge < -0.3 is 5.32 Å². The Kier molecular flexibility index (Phi) is 4.73. The molecule has 1 aliphatic rings. The van der Waals surface area contributed by atoms with E-state index in [-0.39, 0.29) is 18.1 Å². The summed E-state index contributed by atoms with van der Waals surface area (Å²) in [5, 5.41) is 7.41. The van der Waals surface area contributed by atoms with Gasteiger partial charge in [0.05, 0.1) is 5.92 Å². The number of aromatic nitrogens is 5. The first-order valence-corrected chi connectivity index (χ1v) is 10.9. The highest BCUT2D eigenvalue weighted by Crippen LogP contribution is 2.37. The molecule has 8 nitrogen and oxygen atoms in total. The van der Waals surface area contributed by atoms with Gasteiger partial charge in [-0.1, -0.05) is 18.3 Å². The highest BCUT2D eigenvalue weighted by atomic mass is 32.1. The summed E-state index contributed by atoms with van der Waals surface area (Å²) in [6.45, 7) is 3.88. The molecule has 0 aliphatic heterocycles. The molecule has 0 bridgehead atoms. The third-order valence-corrected chi connectivity index (χ3v) is 6.30. The van der Waals surface area contributed by atoms with Gasteiger partial charge in [0.1, 0.15) is 28.5 Å². The number of rotatable bonds is 6. The van der Waals surface area contributed by atoms with Crippen LogP contribution in [0.3, 0.4) is 0 Å². The number of anilines is 1. The van der Waals surface area contributed by atoms with Crippen LogP contribution in [0.4, 0.5) is 9.52 Å². The van der Waals surface area contributed by atoms with Crippen LogP contribution in [0, 0.1) is 12.8 Å². The summed E-state index contributed by atoms with van der Waals surface area (Å²) in [5.41, 5.74) is 4.20. The Morgan fingerprint density at radius 3 is 2.81 bits per heavy atom. The van der Waals surface area contributed by atoms with E-state index in [1.165, 1.54) is 17.7 Å². The number of alkyl halides is 1. The van der Waals surface area contributed by atoms with E-state index in [4.69, 9.17) is 0 Å². The number of hydrogen-bond donors (Lipinski definition) is 1. The van der Waals surface area contributed by atoms with Crippen molar-refractivity contribution in [2.45, 2.75) is 39.3 Å². The monoisotopic (exact) mass is 438 g/mol. The van der Waals surface area contributed by atoms with E-state index in [0.717, 1.165) is 27.9 Å². The predicted molar refractivity (Wildman–Crippen MR) is 115 cm³/mol. The van der Waals surface area contributed by atoms with Crippen LogP contribution in [0.15, 0.2) is 24.7 Å². The Morgan fingerprint density at radius 2 is 2.10 bits per heavy atom. The van der Waals surface area contributed by atoms with Gasteiger partial charge in [0.2, 0.25) is 5.91 Å². The van der Waals surface area contributed by atoms with Gasteiger partial charge in [-0.2, -0.15) is 5.10 Å². The molecule has 0 radical (unpaired) electrons. The SMILES string of the molecule is CCCC(=O)c1cc(C)c(-c2cc3nc(NC(=O)[C@@H]4C[C@@H]4F)sc3n3ncnc23)cn1. The van der Waals surface area contributed by atoms with Crippen molar-refractivity contribution in [1.82, 2.24) is 24.6 Å². The maximum absolute atomic E-state index is 13.2. The third kappa shape index (κ3) is 3.46. The number of aryl methyl sites for hydroxylation is 1. The molecular formula is C21H19FN6O2S. The molecule has 1 saturated carbocycles. The number of amides is 1. The van der Waals surface area contributed by atoms with Crippen molar-refractivity contribution in [3.63, 3.8) is 0 Å². The summed E-state index contributed by atoms with van der Waals surface area (Å²) in [6, 6.07) is 3.66. The maximum Gasteiger partial charge on any atom is 0.232 e. The first kappa shape index (κ1) is 19.7. The van der Waals surface area contributed by atoms with Crippen molar-refractivity contribution in [3.05, 3.63) is 35.9 Å². The number of halogens is 1. The Labute approximate surface area is 180 Å². The number of pyridine rings is 2. The molecule has 5 rings (SSSR count). The lowest BCUT2D eigenvalue weighted by Gasteiger charge is -2.09. The summed E-state index contributed by atoms with van der Waals surface area (Å²) in [7, 11) is 0. The molecule has 1 fully saturated rings. The van der Waals surface area contributed by atoms with Crippen LogP contribution in [0.5, 0.6) is 0 Å². The van der Waals surface area contributed by atoms with E-state index >= 15 is 0 Å². The van der Waals surface area contributed by atoms with Crippen molar-refractivity contribution in [2.75, 3.05) is 5.32 Å². The number of fused-ring (bicyclic) bond motifs is 3. The maximum atomic E-state index is 13.2. The predicted octanol–water partition coefficient (Wildman–Crippen LogP) is 3.99. The molecule has 158 valence electrons. The summed E-state index contributed by atoms with van der Waals surface area (Å²) >= 11 is 1.26. The summed E-state index contributed by atoms with van der Waals surface area (Å²) in [6.07, 6.45) is 3.56. The van der Waals surface area contributed by atoms with E-state index in [1.807, 2.05) is 19.9 Å². The minimum atomic E-state index is -1.06. The van der Waals surface area contributed by atoms with Gasteiger partial charge in [0.15, 0.2) is 16.6 Å². The second kappa shape index (κ2) is 7.45. The summed E-state index contributed by atoms with van der Waals surface area (Å²) in [5.74, 6) is -0.920. The van der Waals surface area contributed by atoms with Gasteiger partial charge in [0, 0.05) is 23.7 Å². The minimum absolute atomic E-state index is 0.0197. The molecule has 0 unspecified atom stereocenters. The number of carbonyl (C=O) groups is 2. The minimum Gasteiger partial charge on any atom is -0.302 e. The fourth-order valence-electron chi connectivity index (χ4n) is 3.58. The Hall–Kier alpha value is -3.27. The number of ketones is 1. The number of carbonyl (C=O) groups excluding carboxylic acids is 2. The smallest absolute Gasteiger partial charge is 0.232 e. The zero-order chi connectivity index (χ0) is 21.7. The van der Waals surface area contributed by atoms with Gasteiger partial charge >= 0.3 is 0 Å². The van der Waals surface area contributed by atoms with Crippen LogP contribution in [0.2, 0.25) is 0 Å². The van der Waals surface area contributed by atoms with E-state index in [0.29, 0.717) is 28.4 Å². The Morgan fingerprint density at radius 1 is 1.29 bits per heavy atom. The van der Waals surface area contributed by atoms with Gasteiger partial charge in [-0.25, -0.2) is 18.9 Å². The fraction of sp³-hybridized carbons (Fsp3) is 0.333. The third-order valence-electron chi connectivity index (χ3n) is 5.34. The quantitative estimate of drug-likeness (QED) is 0.457. The molecule has 1 amide bonds. The highest BCUT2D eigenvalue weighted by Gasteiger charge is 2.43. The molecule has 1 aliphatic carbocycles. The first-order chi connectivity index (χ1) is 15.0. The van der Waals surface area contributed by atoms with Gasteiger partial charge in [-0.3, -0.25) is 14.6 Å². The molecule has 31 heavy (non-hydrogen) atoms. The first-order valence-electron chi connectivity index (χ1n) is 10.0. The molecule has 4 aromatic rings. The summed E-state index contributed by atoms with van der Waals surface area (Å²) in [4.78, 5) is 38.3. The second-order valence-corrected chi connectivity index (χ2v) is 8.65. The average molecular weight is 438 g/mol. The molecule has 0 saturated heterocycles. The second-order valence-electron chi connectivity index (χ2n) is 7.67. The van der Waals surface area contributed by atoms with Gasteiger partial charge in [-0.15, -0.1) is 0 Å². The lowest BCUT2D eigenvalue weighted by Crippen LogP contribution is -2.14. The van der Waals surface area contributed by atoms with Crippen LogP contribution >= 0.6 is 11.3 Å². The topological polar surface area (TPSA) is 102 Å². The summed E-state index contributed by atoms with van der Waals surface area (Å²) < 4.78 is 14.8. The van der Waals surface area contributed by atoms with E-state index in [2.05, 4.69) is 25.4 Å². The molecule has 2 atom stereocenters. The average Bonchev–Trinajstić information content (AvgIpc) is 3.12. The van der Waals surface area contributed by atoms with Crippen LogP contribution < -0.4 is 5.32 Å². The molecule has 4 aromatic heterocycles. The van der Waals surface area contributed by atoms with E-state index in [1.54, 1.807) is 16.8 Å². The molecule has 0 aromatic carbocycles. The molecule has 4 heterocycles. The molecular weight excluding hydrogens is 419 g/mol. The zero-order valence-corrected chi connectivity index (χ0v) is 17.7. The number of nitrogens with one attached hydrogen (secondary N) is 1. The fourth-order valence-corrected chi connectivity index (χ4v) is 4.48. The molecule has 10 heteroatoms. The van der Waals surface area contributed by atoms with E-state index in [9.17, 15) is 14.0 Å². The van der Waals surface area contributed by atoms with Crippen molar-refractivity contribution in [3.8, 4) is 11.1 Å². The molecule has 0 spiro atoms. The number of Topliss-reactive ketones (excluding diaryl/α,β-unsaturated/α-hetero) is 1. The Balaban J connectivity index is 1.56. The largest absolute Gasteiger partial charge is 0.302 e. The van der Waals surface area contributed by atoms with Gasteiger partial charge in [0.25, 0.3) is 0 Å². The normalized spacial score (nSPS) is 17.9. The van der Waals surface area contributed by atoms with Crippen molar-refractivity contribution >= 4 is 44.2 Å². The van der Waals surface area contributed by atoms with Crippen LogP contribution in [-0.4, -0.2) is 42.4 Å². The van der Waals surface area contributed by atoms with Gasteiger partial charge in [-0.05, 0) is 37.5 Å². The number of nitrogens with zero attached hydrogens (tertiary/aromatic N) is 5. The van der Waals surface area contributed by atoms with Crippen molar-refractivity contribution in [1.29, 1.82) is 0 Å². The van der Waals surface area contributed by atoms with E-state index < -0.39 is 12.1 Å². The number of hydrogen-bond acceptors (Lipinski definition) is 7. The van der Waals surface area contributed by atoms with Crippen molar-refractivity contribution in [2.24, 2.45) is 5.92 Å².